The van der Waals surface area contributed by atoms with Crippen molar-refractivity contribution in [3.05, 3.63) is 63.7 Å². The number of nitrogens with one attached hydrogen (secondary N) is 1. The second kappa shape index (κ2) is 7.92. The molecular formula is C21H19ClN2O5S. The highest BCUT2D eigenvalue weighted by Crippen LogP contribution is 2.55. The summed E-state index contributed by atoms with van der Waals surface area (Å²) in [6.07, 6.45) is 0.489. The Hall–Kier alpha value is -2.58. The van der Waals surface area contributed by atoms with Crippen LogP contribution in [0.2, 0.25) is 0 Å². The van der Waals surface area contributed by atoms with Gasteiger partial charge in [-0.05, 0) is 49.1 Å². The number of anilines is 1. The SMILES string of the molecule is CC(=O)c1ccc2c(c1)[C@@H]1[C@H](Cl)[C@H](Sc3ccccc3[N+](=O)[O-])C[C@@H]1[C@H](C(=O)O)N2. The third-order valence-electron chi connectivity index (χ3n) is 5.83. The Labute approximate surface area is 182 Å². The number of aliphatic carboxylic acids is 1. The zero-order chi connectivity index (χ0) is 21.6. The van der Waals surface area contributed by atoms with E-state index >= 15 is 0 Å². The Bertz CT molecular complexity index is 1050. The summed E-state index contributed by atoms with van der Waals surface area (Å²) in [4.78, 5) is 35.3. The number of ketones is 1. The molecule has 2 aromatic rings. The van der Waals surface area contributed by atoms with Gasteiger partial charge in [-0.2, -0.15) is 0 Å². The molecule has 0 amide bonds. The minimum absolute atomic E-state index is 0.00779. The van der Waals surface area contributed by atoms with Crippen molar-refractivity contribution in [2.45, 2.75) is 40.8 Å². The third-order valence-corrected chi connectivity index (χ3v) is 7.94. The normalized spacial score (nSPS) is 26.9. The average molecular weight is 447 g/mol. The van der Waals surface area contributed by atoms with Crippen LogP contribution in [-0.2, 0) is 4.79 Å². The van der Waals surface area contributed by atoms with Crippen LogP contribution in [0.15, 0.2) is 47.4 Å². The number of nitro benzene ring substituents is 1. The maximum absolute atomic E-state index is 11.9. The van der Waals surface area contributed by atoms with Gasteiger partial charge < -0.3 is 10.4 Å². The van der Waals surface area contributed by atoms with Crippen LogP contribution in [0.3, 0.4) is 0 Å². The molecular weight excluding hydrogens is 428 g/mol. The van der Waals surface area contributed by atoms with E-state index in [1.54, 1.807) is 36.4 Å². The van der Waals surface area contributed by atoms with E-state index in [1.165, 1.54) is 24.8 Å². The summed E-state index contributed by atoms with van der Waals surface area (Å²) in [5.74, 6) is -1.61. The number of thioether (sulfide) groups is 1. The maximum Gasteiger partial charge on any atom is 0.326 e. The molecule has 2 aromatic carbocycles. The van der Waals surface area contributed by atoms with Crippen molar-refractivity contribution in [3.63, 3.8) is 0 Å². The fraction of sp³-hybridized carbons (Fsp3) is 0.333. The van der Waals surface area contributed by atoms with Gasteiger partial charge in [0.15, 0.2) is 5.78 Å². The fourth-order valence-electron chi connectivity index (χ4n) is 4.45. The first kappa shape index (κ1) is 20.7. The number of carbonyl (C=O) groups is 2. The van der Waals surface area contributed by atoms with Crippen LogP contribution >= 0.6 is 23.4 Å². The van der Waals surface area contributed by atoms with E-state index in [1.807, 2.05) is 0 Å². The molecule has 2 N–H and O–H groups in total. The first-order valence-electron chi connectivity index (χ1n) is 9.46. The predicted octanol–water partition coefficient (Wildman–Crippen LogP) is 4.55. The molecule has 7 nitrogen and oxygen atoms in total. The van der Waals surface area contributed by atoms with E-state index < -0.39 is 22.3 Å². The van der Waals surface area contributed by atoms with Crippen molar-refractivity contribution in [1.29, 1.82) is 0 Å². The molecule has 0 saturated heterocycles. The summed E-state index contributed by atoms with van der Waals surface area (Å²) < 4.78 is 0. The van der Waals surface area contributed by atoms with E-state index in [9.17, 15) is 24.8 Å². The molecule has 30 heavy (non-hydrogen) atoms. The molecule has 156 valence electrons. The van der Waals surface area contributed by atoms with Gasteiger partial charge in [0, 0.05) is 28.5 Å². The highest BCUT2D eigenvalue weighted by molar-refractivity contribution is 8.00. The van der Waals surface area contributed by atoms with Crippen molar-refractivity contribution >= 4 is 46.5 Å². The van der Waals surface area contributed by atoms with Gasteiger partial charge in [-0.3, -0.25) is 14.9 Å². The number of nitro groups is 1. The number of hydrogen-bond acceptors (Lipinski definition) is 6. The second-order valence-corrected chi connectivity index (χ2v) is 9.35. The van der Waals surface area contributed by atoms with Gasteiger partial charge in [0.05, 0.1) is 15.2 Å². The quantitative estimate of drug-likeness (QED) is 0.300. The zero-order valence-corrected chi connectivity index (χ0v) is 17.5. The molecule has 1 fully saturated rings. The molecule has 4 rings (SSSR count). The Morgan fingerprint density at radius 2 is 2.00 bits per heavy atom. The van der Waals surface area contributed by atoms with E-state index in [2.05, 4.69) is 5.32 Å². The van der Waals surface area contributed by atoms with Crippen LogP contribution < -0.4 is 5.32 Å². The van der Waals surface area contributed by atoms with Crippen molar-refractivity contribution in [2.75, 3.05) is 5.32 Å². The molecule has 9 heteroatoms. The Kier molecular flexibility index (Phi) is 5.46. The van der Waals surface area contributed by atoms with Gasteiger partial charge in [0.1, 0.15) is 6.04 Å². The summed E-state index contributed by atoms with van der Waals surface area (Å²) in [5.41, 5.74) is 2.04. The number of para-hydroxylation sites is 1. The highest BCUT2D eigenvalue weighted by atomic mass is 35.5. The number of Topliss-reactive ketones (excluding diaryl/α,β-unsaturated/α-hetero) is 1. The summed E-state index contributed by atoms with van der Waals surface area (Å²) in [7, 11) is 0. The molecule has 0 bridgehead atoms. The molecule has 1 aliphatic heterocycles. The maximum atomic E-state index is 11.9. The lowest BCUT2D eigenvalue weighted by Gasteiger charge is -2.36. The smallest absolute Gasteiger partial charge is 0.326 e. The number of rotatable bonds is 5. The summed E-state index contributed by atoms with van der Waals surface area (Å²) in [6.45, 7) is 1.48. The fourth-order valence-corrected chi connectivity index (χ4v) is 6.39. The first-order chi connectivity index (χ1) is 14.3. The van der Waals surface area contributed by atoms with Gasteiger partial charge in [0.25, 0.3) is 5.69 Å². The van der Waals surface area contributed by atoms with Gasteiger partial charge in [-0.25, -0.2) is 4.79 Å². The molecule has 1 saturated carbocycles. The van der Waals surface area contributed by atoms with Crippen molar-refractivity contribution in [3.8, 4) is 0 Å². The Balaban J connectivity index is 1.72. The molecule has 5 atom stereocenters. The number of fused-ring (bicyclic) bond motifs is 3. The van der Waals surface area contributed by atoms with Gasteiger partial charge in [-0.1, -0.05) is 12.1 Å². The van der Waals surface area contributed by atoms with E-state index in [0.29, 0.717) is 22.6 Å². The molecule has 0 spiro atoms. The summed E-state index contributed by atoms with van der Waals surface area (Å²) in [6, 6.07) is 10.8. The van der Waals surface area contributed by atoms with E-state index in [-0.39, 0.29) is 28.6 Å². The third kappa shape index (κ3) is 3.54. The number of halogens is 1. The van der Waals surface area contributed by atoms with Gasteiger partial charge in [-0.15, -0.1) is 23.4 Å². The number of benzene rings is 2. The van der Waals surface area contributed by atoms with E-state index in [0.717, 1.165) is 5.56 Å². The predicted molar refractivity (Wildman–Crippen MR) is 115 cm³/mol. The van der Waals surface area contributed by atoms with Crippen molar-refractivity contribution < 1.29 is 19.6 Å². The van der Waals surface area contributed by atoms with Gasteiger partial charge in [0.2, 0.25) is 0 Å². The minimum atomic E-state index is -0.966. The zero-order valence-electron chi connectivity index (χ0n) is 15.9. The number of carbonyl (C=O) groups excluding carboxylic acids is 1. The highest BCUT2D eigenvalue weighted by Gasteiger charge is 2.52. The van der Waals surface area contributed by atoms with Crippen molar-refractivity contribution in [1.82, 2.24) is 0 Å². The largest absolute Gasteiger partial charge is 0.480 e. The molecule has 2 aliphatic rings. The second-order valence-electron chi connectivity index (χ2n) is 7.57. The van der Waals surface area contributed by atoms with Crippen LogP contribution in [0, 0.1) is 16.0 Å². The number of hydrogen-bond donors (Lipinski definition) is 2. The monoisotopic (exact) mass is 446 g/mol. The Morgan fingerprint density at radius 1 is 1.27 bits per heavy atom. The van der Waals surface area contributed by atoms with E-state index in [4.69, 9.17) is 11.6 Å². The number of nitrogens with zero attached hydrogens (tertiary/aromatic N) is 1. The van der Waals surface area contributed by atoms with Crippen LogP contribution in [0.1, 0.15) is 35.2 Å². The standard InChI is InChI=1S/C21H19ClN2O5S/c1-10(25)11-6-7-14-12(8-11)18-13(20(23-14)21(26)27)9-17(19(18)22)30-16-5-3-2-4-15(16)24(28)29/h2-8,13,17-20,23H,9H2,1H3,(H,26,27)/t13-,17+,18-,19+,20+/m0/s1. The summed E-state index contributed by atoms with van der Waals surface area (Å²) >= 11 is 8.18. The molecule has 0 radical (unpaired) electrons. The van der Waals surface area contributed by atoms with Crippen LogP contribution in [0.4, 0.5) is 11.4 Å². The number of alkyl halides is 1. The lowest BCUT2D eigenvalue weighted by molar-refractivity contribution is -0.387. The van der Waals surface area contributed by atoms with Crippen molar-refractivity contribution in [2.24, 2.45) is 5.92 Å². The first-order valence-corrected chi connectivity index (χ1v) is 10.8. The van der Waals surface area contributed by atoms with Crippen LogP contribution in [0.25, 0.3) is 0 Å². The Morgan fingerprint density at radius 3 is 2.67 bits per heavy atom. The topological polar surface area (TPSA) is 110 Å². The summed E-state index contributed by atoms with van der Waals surface area (Å²) in [5, 5.41) is 23.6. The molecule has 0 aromatic heterocycles. The van der Waals surface area contributed by atoms with Crippen LogP contribution in [0.5, 0.6) is 0 Å². The lowest BCUT2D eigenvalue weighted by atomic mass is 9.79. The molecule has 1 heterocycles. The lowest BCUT2D eigenvalue weighted by Crippen LogP contribution is -2.42. The molecule has 0 unspecified atom stereocenters. The van der Waals surface area contributed by atoms with Crippen LogP contribution in [-0.4, -0.2) is 38.5 Å². The average Bonchev–Trinajstić information content (AvgIpc) is 3.03. The minimum Gasteiger partial charge on any atom is -0.480 e. The number of carboxylic acids is 1. The molecule has 1 aliphatic carbocycles. The number of carboxylic acid groups (broad SMARTS) is 1. The van der Waals surface area contributed by atoms with Gasteiger partial charge >= 0.3 is 5.97 Å².